The van der Waals surface area contributed by atoms with Crippen LogP contribution in [0.15, 0.2) is 0 Å². The molecule has 1 aromatic rings. The molecule has 1 heterocycles. The van der Waals surface area contributed by atoms with E-state index in [1.807, 2.05) is 0 Å². The summed E-state index contributed by atoms with van der Waals surface area (Å²) in [6, 6.07) is 0. The maximum atomic E-state index is 5.90. The van der Waals surface area contributed by atoms with Gasteiger partial charge in [0.25, 0.3) is 0 Å². The lowest BCUT2D eigenvalue weighted by Gasteiger charge is -2.33. The van der Waals surface area contributed by atoms with Crippen molar-refractivity contribution in [2.24, 2.45) is 0 Å². The number of hydrogen-bond donors (Lipinski definition) is 0. The molecule has 0 spiro atoms. The molecule has 0 saturated carbocycles. The first kappa shape index (κ1) is 8.27. The van der Waals surface area contributed by atoms with Crippen LogP contribution in [-0.2, 0) is 0 Å². The summed E-state index contributed by atoms with van der Waals surface area (Å²) in [5.41, 5.74) is 2.07. The lowest BCUT2D eigenvalue weighted by Crippen LogP contribution is -2.22. The van der Waals surface area contributed by atoms with Gasteiger partial charge in [-0.1, -0.05) is 25.4 Å². The van der Waals surface area contributed by atoms with E-state index in [0.29, 0.717) is 17.0 Å². The second kappa shape index (κ2) is 2.57. The van der Waals surface area contributed by atoms with Gasteiger partial charge < -0.3 is 0 Å². The molecular formula is C8H8Cl2N2. The van der Waals surface area contributed by atoms with Gasteiger partial charge in [-0.3, -0.25) is 0 Å². The second-order valence-corrected chi connectivity index (χ2v) is 3.86. The van der Waals surface area contributed by atoms with Crippen LogP contribution in [-0.4, -0.2) is 9.97 Å². The van der Waals surface area contributed by atoms with Crippen LogP contribution in [0.5, 0.6) is 0 Å². The minimum Gasteiger partial charge on any atom is -0.222 e. The number of nitrogens with zero attached hydrogens (tertiary/aromatic N) is 2. The van der Waals surface area contributed by atoms with E-state index in [-0.39, 0.29) is 5.28 Å². The molecule has 0 aromatic carbocycles. The molecule has 64 valence electrons. The van der Waals surface area contributed by atoms with Gasteiger partial charge in [0.15, 0.2) is 0 Å². The predicted molar refractivity (Wildman–Crippen MR) is 48.9 cm³/mol. The third-order valence-corrected chi connectivity index (χ3v) is 3.00. The van der Waals surface area contributed by atoms with Crippen LogP contribution >= 0.6 is 23.2 Å². The Morgan fingerprint density at radius 3 is 2.42 bits per heavy atom. The maximum absolute atomic E-state index is 5.90. The summed E-state index contributed by atoms with van der Waals surface area (Å²) in [4.78, 5) is 8.01. The molecule has 2 atom stereocenters. The monoisotopic (exact) mass is 202 g/mol. The summed E-state index contributed by atoms with van der Waals surface area (Å²) >= 11 is 11.6. The van der Waals surface area contributed by atoms with Crippen molar-refractivity contribution in [3.8, 4) is 0 Å². The minimum absolute atomic E-state index is 0.248. The summed E-state index contributed by atoms with van der Waals surface area (Å²) in [6.07, 6.45) is 0. The Bertz CT molecular complexity index is 338. The highest BCUT2D eigenvalue weighted by atomic mass is 35.5. The van der Waals surface area contributed by atoms with Crippen LogP contribution in [0, 0.1) is 0 Å². The molecule has 2 unspecified atom stereocenters. The fraction of sp³-hybridized carbons (Fsp3) is 0.500. The zero-order valence-electron chi connectivity index (χ0n) is 6.81. The van der Waals surface area contributed by atoms with Crippen molar-refractivity contribution in [1.82, 2.24) is 9.97 Å². The highest BCUT2D eigenvalue weighted by molar-refractivity contribution is 6.32. The summed E-state index contributed by atoms with van der Waals surface area (Å²) in [6.45, 7) is 4.24. The fourth-order valence-electron chi connectivity index (χ4n) is 1.59. The molecule has 12 heavy (non-hydrogen) atoms. The smallest absolute Gasteiger partial charge is 0.222 e. The highest BCUT2D eigenvalue weighted by Crippen LogP contribution is 2.47. The van der Waals surface area contributed by atoms with E-state index in [2.05, 4.69) is 23.8 Å². The first-order valence-electron chi connectivity index (χ1n) is 3.84. The van der Waals surface area contributed by atoms with Crippen LogP contribution in [0.2, 0.25) is 10.4 Å². The van der Waals surface area contributed by atoms with Crippen molar-refractivity contribution in [2.45, 2.75) is 25.7 Å². The van der Waals surface area contributed by atoms with E-state index in [1.165, 1.54) is 0 Å². The molecule has 0 aliphatic heterocycles. The first-order valence-corrected chi connectivity index (χ1v) is 4.59. The quantitative estimate of drug-likeness (QED) is 0.478. The summed E-state index contributed by atoms with van der Waals surface area (Å²) in [5, 5.41) is 0.758. The Hall–Kier alpha value is -0.340. The number of hydrogen-bond acceptors (Lipinski definition) is 2. The molecule has 0 fully saturated rings. The van der Waals surface area contributed by atoms with Gasteiger partial charge in [-0.25, -0.2) is 9.97 Å². The van der Waals surface area contributed by atoms with Crippen LogP contribution in [0.1, 0.15) is 36.9 Å². The van der Waals surface area contributed by atoms with Gasteiger partial charge in [0, 0.05) is 11.5 Å². The highest BCUT2D eigenvalue weighted by Gasteiger charge is 2.35. The minimum atomic E-state index is 0.248. The van der Waals surface area contributed by atoms with Crippen LogP contribution < -0.4 is 0 Å². The zero-order valence-corrected chi connectivity index (χ0v) is 8.32. The molecule has 1 aliphatic carbocycles. The van der Waals surface area contributed by atoms with E-state index in [4.69, 9.17) is 23.2 Å². The van der Waals surface area contributed by atoms with Crippen molar-refractivity contribution < 1.29 is 0 Å². The van der Waals surface area contributed by atoms with Crippen molar-refractivity contribution in [3.63, 3.8) is 0 Å². The maximum Gasteiger partial charge on any atom is 0.224 e. The molecule has 0 N–H and O–H groups in total. The van der Waals surface area contributed by atoms with Crippen molar-refractivity contribution in [1.29, 1.82) is 0 Å². The van der Waals surface area contributed by atoms with E-state index < -0.39 is 0 Å². The number of halogens is 2. The molecule has 0 radical (unpaired) electrons. The van der Waals surface area contributed by atoms with Gasteiger partial charge in [-0.05, 0) is 17.5 Å². The Morgan fingerprint density at radius 2 is 1.75 bits per heavy atom. The number of rotatable bonds is 0. The molecule has 1 aliphatic rings. The van der Waals surface area contributed by atoms with Crippen LogP contribution in [0.25, 0.3) is 0 Å². The third kappa shape index (κ3) is 0.947. The van der Waals surface area contributed by atoms with Crippen molar-refractivity contribution in [3.05, 3.63) is 21.7 Å². The van der Waals surface area contributed by atoms with E-state index >= 15 is 0 Å². The zero-order chi connectivity index (χ0) is 8.88. The molecule has 4 heteroatoms. The average Bonchev–Trinajstić information content (AvgIpc) is 2.02. The molecular weight excluding hydrogens is 195 g/mol. The number of fused-ring (bicyclic) bond motifs is 1. The van der Waals surface area contributed by atoms with Crippen LogP contribution in [0.3, 0.4) is 0 Å². The lowest BCUT2D eigenvalue weighted by atomic mass is 9.74. The Kier molecular flexibility index (Phi) is 1.77. The Balaban J connectivity index is 2.59. The molecule has 2 nitrogen and oxygen atoms in total. The largest absolute Gasteiger partial charge is 0.224 e. The Morgan fingerprint density at radius 1 is 1.08 bits per heavy atom. The Labute approximate surface area is 80.9 Å². The SMILES string of the molecule is CC1c2nc(Cl)nc(Cl)c2C1C. The molecule has 0 saturated heterocycles. The second-order valence-electron chi connectivity index (χ2n) is 3.16. The van der Waals surface area contributed by atoms with Gasteiger partial charge >= 0.3 is 0 Å². The summed E-state index contributed by atoms with van der Waals surface area (Å²) in [5.74, 6) is 0.919. The third-order valence-electron chi connectivity index (χ3n) is 2.54. The first-order chi connectivity index (χ1) is 5.61. The fourth-order valence-corrected chi connectivity index (χ4v) is 2.16. The van der Waals surface area contributed by atoms with Gasteiger partial charge in [0.2, 0.25) is 5.28 Å². The van der Waals surface area contributed by atoms with Crippen LogP contribution in [0.4, 0.5) is 0 Å². The standard InChI is InChI=1S/C8H8Cl2N2/c1-3-4(2)6-5(3)7(9)12-8(10)11-6/h3-4H,1-2H3. The molecule has 1 aromatic heterocycles. The average molecular weight is 203 g/mol. The van der Waals surface area contributed by atoms with E-state index in [9.17, 15) is 0 Å². The predicted octanol–water partition coefficient (Wildman–Crippen LogP) is 3.00. The van der Waals surface area contributed by atoms with Gasteiger partial charge in [-0.15, -0.1) is 0 Å². The molecule has 0 amide bonds. The summed E-state index contributed by atoms with van der Waals surface area (Å²) in [7, 11) is 0. The van der Waals surface area contributed by atoms with E-state index in [1.54, 1.807) is 0 Å². The van der Waals surface area contributed by atoms with Crippen molar-refractivity contribution in [2.75, 3.05) is 0 Å². The van der Waals surface area contributed by atoms with Gasteiger partial charge in [-0.2, -0.15) is 0 Å². The van der Waals surface area contributed by atoms with Crippen molar-refractivity contribution >= 4 is 23.2 Å². The van der Waals surface area contributed by atoms with E-state index in [0.717, 1.165) is 11.3 Å². The lowest BCUT2D eigenvalue weighted by molar-refractivity contribution is 0.516. The summed E-state index contributed by atoms with van der Waals surface area (Å²) < 4.78 is 0. The molecule has 0 bridgehead atoms. The van der Waals surface area contributed by atoms with Gasteiger partial charge in [0.05, 0.1) is 5.69 Å². The normalized spacial score (nSPS) is 26.3. The van der Waals surface area contributed by atoms with Gasteiger partial charge in [0.1, 0.15) is 5.15 Å². The topological polar surface area (TPSA) is 25.8 Å². The molecule has 2 rings (SSSR count). The number of aromatic nitrogens is 2.